The smallest absolute Gasteiger partial charge is 0.294 e. The van der Waals surface area contributed by atoms with Gasteiger partial charge in [-0.1, -0.05) is 12.1 Å². The summed E-state index contributed by atoms with van der Waals surface area (Å²) in [5.74, 6) is -1.25. The average Bonchev–Trinajstić information content (AvgIpc) is 2.75. The molecule has 0 spiro atoms. The molecular weight excluding hydrogens is 436 g/mol. The Kier molecular flexibility index (Phi) is 6.47. The number of carbonyl (C=O) groups is 2. The second-order valence-corrected chi connectivity index (χ2v) is 8.40. The molecule has 1 atom stereocenters. The summed E-state index contributed by atoms with van der Waals surface area (Å²) in [5.41, 5.74) is 0.846. The molecule has 0 aliphatic carbocycles. The van der Waals surface area contributed by atoms with E-state index in [9.17, 15) is 28.2 Å². The van der Waals surface area contributed by atoms with Crippen molar-refractivity contribution in [1.29, 1.82) is 0 Å². The monoisotopic (exact) mass is 456 g/mol. The number of hydrogen-bond donors (Lipinski definition) is 5. The fourth-order valence-corrected chi connectivity index (χ4v) is 3.51. The zero-order valence-electron chi connectivity index (χ0n) is 16.8. The van der Waals surface area contributed by atoms with Crippen molar-refractivity contribution in [2.75, 3.05) is 5.32 Å². The lowest BCUT2D eigenvalue weighted by atomic mass is 10.1. The van der Waals surface area contributed by atoms with Crippen molar-refractivity contribution in [3.05, 3.63) is 83.4 Å². The van der Waals surface area contributed by atoms with Crippen LogP contribution in [0.2, 0.25) is 0 Å². The molecule has 0 saturated heterocycles. The Morgan fingerprint density at radius 2 is 1.53 bits per heavy atom. The molecule has 2 amide bonds. The van der Waals surface area contributed by atoms with Gasteiger partial charge in [0.05, 0.1) is 10.9 Å². The van der Waals surface area contributed by atoms with Gasteiger partial charge in [0, 0.05) is 22.4 Å². The molecule has 0 saturated carbocycles. The van der Waals surface area contributed by atoms with Crippen LogP contribution in [-0.4, -0.2) is 35.0 Å². The fraction of sp³-hybridized carbons (Fsp3) is 0.0909. The van der Waals surface area contributed by atoms with E-state index in [1.165, 1.54) is 42.5 Å². The maximum Gasteiger partial charge on any atom is 0.294 e. The highest BCUT2D eigenvalue weighted by molar-refractivity contribution is 7.85. The van der Waals surface area contributed by atoms with Gasteiger partial charge in [-0.25, -0.2) is 0 Å². The van der Waals surface area contributed by atoms with Crippen LogP contribution in [0.5, 0.6) is 11.5 Å². The number of phenolic OH excluding ortho intramolecular Hbond substituents is 2. The largest absolute Gasteiger partial charge is 0.508 e. The Bertz CT molecular complexity index is 1290. The number of benzene rings is 3. The third-order valence-electron chi connectivity index (χ3n) is 4.60. The number of hydrogen-bond acceptors (Lipinski definition) is 6. The van der Waals surface area contributed by atoms with Gasteiger partial charge in [-0.3, -0.25) is 14.1 Å². The molecule has 3 rings (SSSR count). The molecule has 0 aliphatic rings. The van der Waals surface area contributed by atoms with Gasteiger partial charge in [0.1, 0.15) is 11.5 Å². The zero-order chi connectivity index (χ0) is 23.5. The number of anilines is 1. The highest BCUT2D eigenvalue weighted by Gasteiger charge is 2.17. The molecule has 10 heteroatoms. The number of carbonyl (C=O) groups excluding carboxylic acids is 2. The van der Waals surface area contributed by atoms with Gasteiger partial charge < -0.3 is 20.8 Å². The van der Waals surface area contributed by atoms with E-state index in [1.807, 2.05) is 0 Å². The van der Waals surface area contributed by atoms with E-state index < -0.39 is 32.9 Å². The Morgan fingerprint density at radius 3 is 2.22 bits per heavy atom. The van der Waals surface area contributed by atoms with Crippen LogP contribution >= 0.6 is 0 Å². The standard InChI is InChI=1S/C22H20N2O7S/c1-13(19-12-17(25)8-9-20(19)26)23-21(27)14-4-2-6-16(10-14)24-22(28)15-5-3-7-18(11-15)32(29,30)31/h2-13,25-26H,1H3,(H,23,27)(H,24,28)(H,29,30,31). The third-order valence-corrected chi connectivity index (χ3v) is 5.45. The van der Waals surface area contributed by atoms with Crippen LogP contribution in [0.1, 0.15) is 39.2 Å². The first-order chi connectivity index (χ1) is 15.0. The van der Waals surface area contributed by atoms with Gasteiger partial charge in [0.25, 0.3) is 21.9 Å². The van der Waals surface area contributed by atoms with Gasteiger partial charge in [-0.15, -0.1) is 0 Å². The summed E-state index contributed by atoms with van der Waals surface area (Å²) < 4.78 is 31.7. The third kappa shape index (κ3) is 5.42. The van der Waals surface area contributed by atoms with E-state index in [0.29, 0.717) is 5.56 Å². The quantitative estimate of drug-likeness (QED) is 0.282. The molecule has 0 aliphatic heterocycles. The highest BCUT2D eigenvalue weighted by Crippen LogP contribution is 2.28. The Morgan fingerprint density at radius 1 is 0.875 bits per heavy atom. The van der Waals surface area contributed by atoms with Crippen LogP contribution in [0.3, 0.4) is 0 Å². The number of aromatic hydroxyl groups is 2. The molecule has 0 fully saturated rings. The Balaban J connectivity index is 1.74. The van der Waals surface area contributed by atoms with Gasteiger partial charge >= 0.3 is 0 Å². The van der Waals surface area contributed by atoms with Crippen molar-refractivity contribution in [3.8, 4) is 11.5 Å². The molecule has 0 radical (unpaired) electrons. The highest BCUT2D eigenvalue weighted by atomic mass is 32.2. The van der Waals surface area contributed by atoms with Crippen LogP contribution in [0.4, 0.5) is 5.69 Å². The second-order valence-electron chi connectivity index (χ2n) is 6.98. The predicted molar refractivity (Wildman–Crippen MR) is 116 cm³/mol. The molecule has 3 aromatic rings. The first-order valence-corrected chi connectivity index (χ1v) is 10.8. The van der Waals surface area contributed by atoms with Crippen molar-refractivity contribution in [2.45, 2.75) is 17.9 Å². The summed E-state index contributed by atoms with van der Waals surface area (Å²) in [6.45, 7) is 1.64. The zero-order valence-corrected chi connectivity index (χ0v) is 17.6. The van der Waals surface area contributed by atoms with E-state index in [-0.39, 0.29) is 28.3 Å². The van der Waals surface area contributed by atoms with E-state index >= 15 is 0 Å². The van der Waals surface area contributed by atoms with Crippen LogP contribution in [-0.2, 0) is 10.1 Å². The first kappa shape index (κ1) is 22.8. The molecule has 0 aromatic heterocycles. The number of phenols is 2. The summed E-state index contributed by atoms with van der Waals surface area (Å²) in [6, 6.07) is 14.3. The van der Waals surface area contributed by atoms with Gasteiger partial charge in [-0.2, -0.15) is 8.42 Å². The minimum absolute atomic E-state index is 0.00274. The van der Waals surface area contributed by atoms with Gasteiger partial charge in [-0.05, 0) is 61.5 Å². The normalized spacial score (nSPS) is 12.1. The molecular formula is C22H20N2O7S. The Labute approximate surface area is 184 Å². The molecule has 3 aromatic carbocycles. The number of nitrogens with one attached hydrogen (secondary N) is 2. The topological polar surface area (TPSA) is 153 Å². The Hall–Kier alpha value is -3.89. The molecule has 166 valence electrons. The summed E-state index contributed by atoms with van der Waals surface area (Å²) in [4.78, 5) is 24.7. The molecule has 0 bridgehead atoms. The van der Waals surface area contributed by atoms with Crippen molar-refractivity contribution in [2.24, 2.45) is 0 Å². The molecule has 1 unspecified atom stereocenters. The summed E-state index contributed by atoms with van der Waals surface area (Å²) in [5, 5.41) is 24.8. The fourth-order valence-electron chi connectivity index (χ4n) is 2.99. The van der Waals surface area contributed by atoms with Crippen molar-refractivity contribution < 1.29 is 32.8 Å². The molecule has 0 heterocycles. The lowest BCUT2D eigenvalue weighted by molar-refractivity contribution is 0.0938. The van der Waals surface area contributed by atoms with Gasteiger partial charge in [0.2, 0.25) is 0 Å². The molecule has 9 nitrogen and oxygen atoms in total. The van der Waals surface area contributed by atoms with Crippen LogP contribution in [0, 0.1) is 0 Å². The lowest BCUT2D eigenvalue weighted by Crippen LogP contribution is -2.26. The lowest BCUT2D eigenvalue weighted by Gasteiger charge is -2.16. The number of amides is 2. The number of rotatable bonds is 6. The first-order valence-electron chi connectivity index (χ1n) is 9.36. The van der Waals surface area contributed by atoms with Crippen molar-refractivity contribution in [3.63, 3.8) is 0 Å². The van der Waals surface area contributed by atoms with Crippen LogP contribution in [0.15, 0.2) is 71.6 Å². The van der Waals surface area contributed by atoms with Gasteiger partial charge in [0.15, 0.2) is 0 Å². The minimum atomic E-state index is -4.46. The van der Waals surface area contributed by atoms with E-state index in [1.54, 1.807) is 19.1 Å². The molecule has 5 N–H and O–H groups in total. The molecule has 32 heavy (non-hydrogen) atoms. The van der Waals surface area contributed by atoms with Crippen LogP contribution < -0.4 is 10.6 Å². The maximum atomic E-state index is 12.6. The predicted octanol–water partition coefficient (Wildman–Crippen LogP) is 3.09. The van der Waals surface area contributed by atoms with E-state index in [2.05, 4.69) is 10.6 Å². The van der Waals surface area contributed by atoms with Crippen molar-refractivity contribution >= 4 is 27.6 Å². The van der Waals surface area contributed by atoms with E-state index in [0.717, 1.165) is 12.1 Å². The van der Waals surface area contributed by atoms with Crippen LogP contribution in [0.25, 0.3) is 0 Å². The average molecular weight is 456 g/mol. The van der Waals surface area contributed by atoms with Crippen molar-refractivity contribution in [1.82, 2.24) is 5.32 Å². The summed E-state index contributed by atoms with van der Waals surface area (Å²) in [6.07, 6.45) is 0. The SMILES string of the molecule is CC(NC(=O)c1cccc(NC(=O)c2cccc(S(=O)(=O)O)c2)c1)c1cc(O)ccc1O. The summed E-state index contributed by atoms with van der Waals surface area (Å²) in [7, 11) is -4.46. The minimum Gasteiger partial charge on any atom is -0.508 e. The second kappa shape index (κ2) is 9.08. The maximum absolute atomic E-state index is 12.6. The van der Waals surface area contributed by atoms with E-state index in [4.69, 9.17) is 4.55 Å². The summed E-state index contributed by atoms with van der Waals surface area (Å²) >= 11 is 0.